The largest absolute Gasteiger partial charge is 0.497 e. The Morgan fingerprint density at radius 1 is 0.905 bits per heavy atom. The molecule has 3 rings (SSSR count). The zero-order chi connectivity index (χ0) is 30.9. The molecule has 1 atom stereocenters. The van der Waals surface area contributed by atoms with Gasteiger partial charge in [0, 0.05) is 12.1 Å². The van der Waals surface area contributed by atoms with Crippen LogP contribution in [0.5, 0.6) is 11.5 Å². The van der Waals surface area contributed by atoms with E-state index < -0.39 is 34.1 Å². The predicted octanol–water partition coefficient (Wildman–Crippen LogP) is 4.76. The number of sulfonamides is 1. The number of nitrogens with zero attached hydrogens (tertiary/aromatic N) is 2. The number of benzene rings is 3. The molecule has 3 aromatic rings. The third-order valence-electron chi connectivity index (χ3n) is 6.42. The van der Waals surface area contributed by atoms with Gasteiger partial charge in [-0.2, -0.15) is 0 Å². The summed E-state index contributed by atoms with van der Waals surface area (Å²) in [5, 5.41) is 2.96. The minimum absolute atomic E-state index is 0.0932. The van der Waals surface area contributed by atoms with Crippen molar-refractivity contribution in [2.45, 2.75) is 58.8 Å². The van der Waals surface area contributed by atoms with Crippen LogP contribution in [0.4, 0.5) is 5.69 Å². The summed E-state index contributed by atoms with van der Waals surface area (Å²) in [5.41, 5.74) is 1.54. The second kappa shape index (κ2) is 14.2. The number of ether oxygens (including phenoxy) is 2. The summed E-state index contributed by atoms with van der Waals surface area (Å²) in [5.74, 6) is 0.349. The second-order valence-electron chi connectivity index (χ2n) is 11.1. The highest BCUT2D eigenvalue weighted by atomic mass is 32.2. The highest BCUT2D eigenvalue weighted by molar-refractivity contribution is 7.92. The monoisotopic (exact) mass is 595 g/mol. The maximum Gasteiger partial charge on any atom is 0.244 e. The van der Waals surface area contributed by atoms with E-state index in [2.05, 4.69) is 5.32 Å². The van der Waals surface area contributed by atoms with Gasteiger partial charge in [-0.1, -0.05) is 49.4 Å². The second-order valence-corrected chi connectivity index (χ2v) is 13.0. The summed E-state index contributed by atoms with van der Waals surface area (Å²) in [6.45, 7) is 7.39. The number of carbonyl (C=O) groups is 2. The van der Waals surface area contributed by atoms with E-state index in [9.17, 15) is 18.0 Å². The molecule has 0 saturated carbocycles. The van der Waals surface area contributed by atoms with Gasteiger partial charge >= 0.3 is 0 Å². The molecule has 0 heterocycles. The Kier molecular flexibility index (Phi) is 11.0. The number of carbonyl (C=O) groups excluding carboxylic acids is 2. The third kappa shape index (κ3) is 9.51. The molecule has 226 valence electrons. The van der Waals surface area contributed by atoms with Gasteiger partial charge in [-0.15, -0.1) is 0 Å². The Bertz CT molecular complexity index is 1440. The van der Waals surface area contributed by atoms with Gasteiger partial charge < -0.3 is 19.7 Å². The summed E-state index contributed by atoms with van der Waals surface area (Å²) in [6.07, 6.45) is 1.39. The topological polar surface area (TPSA) is 105 Å². The van der Waals surface area contributed by atoms with E-state index in [-0.39, 0.29) is 12.5 Å². The summed E-state index contributed by atoms with van der Waals surface area (Å²) in [4.78, 5) is 28.7. The fourth-order valence-electron chi connectivity index (χ4n) is 4.40. The van der Waals surface area contributed by atoms with Crippen molar-refractivity contribution < 1.29 is 27.5 Å². The first-order valence-corrected chi connectivity index (χ1v) is 15.6. The molecule has 0 aliphatic rings. The molecule has 42 heavy (non-hydrogen) atoms. The maximum atomic E-state index is 13.9. The SMILES string of the molecule is CCC(C(=O)NC(C)(C)C)N(Cc1cccc(OC)c1)C(=O)CN(c1ccc(OCc2ccccc2)cc1)S(C)(=O)=O. The average molecular weight is 596 g/mol. The maximum absolute atomic E-state index is 13.9. The number of rotatable bonds is 13. The molecule has 0 radical (unpaired) electrons. The minimum atomic E-state index is -3.86. The standard InChI is InChI=1S/C32H41N3O6S/c1-7-29(31(37)33-32(2,3)4)34(21-25-14-11-15-28(20-25)40-5)30(36)22-35(42(6,38)39)26-16-18-27(19-17-26)41-23-24-12-9-8-10-13-24/h8-20,29H,7,21-23H2,1-6H3,(H,33,37). The van der Waals surface area contributed by atoms with Crippen LogP contribution in [0.2, 0.25) is 0 Å². The van der Waals surface area contributed by atoms with Gasteiger partial charge in [0.2, 0.25) is 21.8 Å². The van der Waals surface area contributed by atoms with Crippen LogP contribution in [-0.4, -0.2) is 56.6 Å². The molecule has 0 aliphatic heterocycles. The van der Waals surface area contributed by atoms with Crippen molar-refractivity contribution >= 4 is 27.5 Å². The van der Waals surface area contributed by atoms with Crippen molar-refractivity contribution in [1.82, 2.24) is 10.2 Å². The Balaban J connectivity index is 1.88. The first kappa shape index (κ1) is 32.5. The number of amides is 2. The van der Waals surface area contributed by atoms with Crippen molar-refractivity contribution in [3.63, 3.8) is 0 Å². The van der Waals surface area contributed by atoms with E-state index in [0.29, 0.717) is 30.2 Å². The van der Waals surface area contributed by atoms with Gasteiger partial charge in [0.25, 0.3) is 0 Å². The van der Waals surface area contributed by atoms with Gasteiger partial charge in [0.15, 0.2) is 0 Å². The summed E-state index contributed by atoms with van der Waals surface area (Å²) in [7, 11) is -2.30. The van der Waals surface area contributed by atoms with Crippen molar-refractivity contribution in [3.05, 3.63) is 90.0 Å². The summed E-state index contributed by atoms with van der Waals surface area (Å²) < 4.78 is 38.0. The van der Waals surface area contributed by atoms with Crippen molar-refractivity contribution in [3.8, 4) is 11.5 Å². The highest BCUT2D eigenvalue weighted by Gasteiger charge is 2.33. The third-order valence-corrected chi connectivity index (χ3v) is 7.56. The zero-order valence-electron chi connectivity index (χ0n) is 25.2. The summed E-state index contributed by atoms with van der Waals surface area (Å²) >= 11 is 0. The molecule has 2 amide bonds. The van der Waals surface area contributed by atoms with Crippen molar-refractivity contribution in [1.29, 1.82) is 0 Å². The van der Waals surface area contributed by atoms with E-state index in [1.807, 2.05) is 64.1 Å². The van der Waals surface area contributed by atoms with Crippen LogP contribution in [0, 0.1) is 0 Å². The fourth-order valence-corrected chi connectivity index (χ4v) is 5.25. The van der Waals surface area contributed by atoms with Gasteiger partial charge in [0.1, 0.15) is 30.7 Å². The molecular formula is C32H41N3O6S. The van der Waals surface area contributed by atoms with Gasteiger partial charge in [-0.05, 0) is 74.7 Å². The molecule has 1 N–H and O–H groups in total. The molecule has 0 fully saturated rings. The molecule has 1 unspecified atom stereocenters. The predicted molar refractivity (Wildman–Crippen MR) is 165 cm³/mol. The van der Waals surface area contributed by atoms with Crippen LogP contribution in [0.1, 0.15) is 45.2 Å². The lowest BCUT2D eigenvalue weighted by Gasteiger charge is -2.34. The number of hydrogen-bond acceptors (Lipinski definition) is 6. The molecule has 10 heteroatoms. The quantitative estimate of drug-likeness (QED) is 0.306. The van der Waals surface area contributed by atoms with E-state index in [0.717, 1.165) is 21.7 Å². The number of methoxy groups -OCH3 is 1. The number of nitrogens with one attached hydrogen (secondary N) is 1. The van der Waals surface area contributed by atoms with Crippen LogP contribution >= 0.6 is 0 Å². The van der Waals surface area contributed by atoms with Crippen molar-refractivity contribution in [2.75, 3.05) is 24.2 Å². The smallest absolute Gasteiger partial charge is 0.244 e. The molecule has 0 aromatic heterocycles. The fraction of sp³-hybridized carbons (Fsp3) is 0.375. The minimum Gasteiger partial charge on any atom is -0.497 e. The van der Waals surface area contributed by atoms with Gasteiger partial charge in [-0.25, -0.2) is 8.42 Å². The first-order valence-electron chi connectivity index (χ1n) is 13.8. The Morgan fingerprint density at radius 3 is 2.12 bits per heavy atom. The molecular weight excluding hydrogens is 554 g/mol. The van der Waals surface area contributed by atoms with Crippen LogP contribution in [0.15, 0.2) is 78.9 Å². The Morgan fingerprint density at radius 2 is 1.55 bits per heavy atom. The summed E-state index contributed by atoms with van der Waals surface area (Å²) in [6, 6.07) is 22.6. The van der Waals surface area contributed by atoms with Gasteiger partial charge in [-0.3, -0.25) is 13.9 Å². The molecule has 0 aliphatic carbocycles. The molecule has 0 spiro atoms. The van der Waals surface area contributed by atoms with E-state index in [4.69, 9.17) is 9.47 Å². The normalized spacial score (nSPS) is 12.2. The van der Waals surface area contributed by atoms with Crippen LogP contribution in [0.25, 0.3) is 0 Å². The lowest BCUT2D eigenvalue weighted by atomic mass is 10.1. The Hall–Kier alpha value is -4.05. The highest BCUT2D eigenvalue weighted by Crippen LogP contribution is 2.24. The van der Waals surface area contributed by atoms with Gasteiger partial charge in [0.05, 0.1) is 19.1 Å². The average Bonchev–Trinajstić information content (AvgIpc) is 2.94. The lowest BCUT2D eigenvalue weighted by molar-refractivity contribution is -0.141. The molecule has 3 aromatic carbocycles. The van der Waals surface area contributed by atoms with E-state index in [1.54, 1.807) is 49.6 Å². The first-order chi connectivity index (χ1) is 19.8. The van der Waals surface area contributed by atoms with Crippen LogP contribution < -0.4 is 19.1 Å². The van der Waals surface area contributed by atoms with Crippen LogP contribution in [0.3, 0.4) is 0 Å². The molecule has 0 bridgehead atoms. The molecule has 9 nitrogen and oxygen atoms in total. The van der Waals surface area contributed by atoms with Crippen LogP contribution in [-0.2, 0) is 32.8 Å². The lowest BCUT2D eigenvalue weighted by Crippen LogP contribution is -2.55. The van der Waals surface area contributed by atoms with E-state index in [1.165, 1.54) is 4.90 Å². The number of anilines is 1. The number of hydrogen-bond donors (Lipinski definition) is 1. The molecule has 0 saturated heterocycles. The zero-order valence-corrected chi connectivity index (χ0v) is 26.0. The Labute approximate surface area is 249 Å². The van der Waals surface area contributed by atoms with E-state index >= 15 is 0 Å². The van der Waals surface area contributed by atoms with Crippen molar-refractivity contribution in [2.24, 2.45) is 0 Å².